The number of rotatable bonds is 8. The van der Waals surface area contributed by atoms with Crippen LogP contribution in [0.1, 0.15) is 41.3 Å². The summed E-state index contributed by atoms with van der Waals surface area (Å²) in [4.78, 5) is 0. The molecule has 5 heteroatoms. The number of aryl methyl sites for hydroxylation is 2. The maximum Gasteiger partial charge on any atom is 0.191 e. The molecule has 4 nitrogen and oxygen atoms in total. The number of aromatic nitrogens is 3. The van der Waals surface area contributed by atoms with E-state index in [1.165, 1.54) is 29.5 Å². The minimum absolute atomic E-state index is 0.585. The molecule has 140 valence electrons. The predicted molar refractivity (Wildman–Crippen MR) is 110 cm³/mol. The smallest absolute Gasteiger partial charge is 0.191 e. The Labute approximate surface area is 165 Å². The average Bonchev–Trinajstić information content (AvgIpc) is 3.45. The summed E-state index contributed by atoms with van der Waals surface area (Å²) in [5.41, 5.74) is 3.68. The van der Waals surface area contributed by atoms with Gasteiger partial charge in [-0.1, -0.05) is 54.2 Å². The first-order valence-corrected chi connectivity index (χ1v) is 10.5. The molecule has 1 heterocycles. The molecule has 1 aliphatic carbocycles. The van der Waals surface area contributed by atoms with Crippen LogP contribution < -0.4 is 4.74 Å². The van der Waals surface area contributed by atoms with Gasteiger partial charge in [0.25, 0.3) is 0 Å². The van der Waals surface area contributed by atoms with E-state index in [9.17, 15) is 0 Å². The van der Waals surface area contributed by atoms with E-state index in [2.05, 4.69) is 77.1 Å². The first kappa shape index (κ1) is 18.1. The van der Waals surface area contributed by atoms with Crippen LogP contribution in [0.15, 0.2) is 53.7 Å². The molecule has 0 saturated heterocycles. The molecule has 0 amide bonds. The number of ether oxygens (including phenoxy) is 1. The second-order valence-corrected chi connectivity index (χ2v) is 8.21. The second-order valence-electron chi connectivity index (χ2n) is 7.15. The number of hydrogen-bond acceptors (Lipinski definition) is 4. The van der Waals surface area contributed by atoms with Crippen LogP contribution in [-0.4, -0.2) is 27.1 Å². The molecule has 1 fully saturated rings. The highest BCUT2D eigenvalue weighted by atomic mass is 32.2. The van der Waals surface area contributed by atoms with E-state index in [0.717, 1.165) is 29.0 Å². The zero-order valence-corrected chi connectivity index (χ0v) is 16.7. The van der Waals surface area contributed by atoms with Gasteiger partial charge in [-0.2, -0.15) is 0 Å². The van der Waals surface area contributed by atoms with Gasteiger partial charge in [0, 0.05) is 11.7 Å². The molecule has 0 bridgehead atoms. The monoisotopic (exact) mass is 379 g/mol. The van der Waals surface area contributed by atoms with Gasteiger partial charge in [0.15, 0.2) is 5.16 Å². The number of benzene rings is 2. The second kappa shape index (κ2) is 8.17. The van der Waals surface area contributed by atoms with Crippen molar-refractivity contribution in [2.24, 2.45) is 0 Å². The number of nitrogens with zero attached hydrogens (tertiary/aromatic N) is 3. The molecule has 0 unspecified atom stereocenters. The highest BCUT2D eigenvalue weighted by Crippen LogP contribution is 2.40. The van der Waals surface area contributed by atoms with Crippen molar-refractivity contribution in [3.63, 3.8) is 0 Å². The van der Waals surface area contributed by atoms with Crippen molar-refractivity contribution in [3.8, 4) is 5.75 Å². The van der Waals surface area contributed by atoms with E-state index in [4.69, 9.17) is 4.74 Å². The zero-order valence-electron chi connectivity index (χ0n) is 15.9. The molecule has 1 aromatic heterocycles. The quantitative estimate of drug-likeness (QED) is 0.408. The van der Waals surface area contributed by atoms with Gasteiger partial charge >= 0.3 is 0 Å². The summed E-state index contributed by atoms with van der Waals surface area (Å²) < 4.78 is 8.27. The topological polar surface area (TPSA) is 39.9 Å². The van der Waals surface area contributed by atoms with Gasteiger partial charge in [0.05, 0.1) is 13.2 Å². The molecule has 0 spiro atoms. The van der Waals surface area contributed by atoms with Crippen LogP contribution in [-0.2, 0) is 6.54 Å². The Bertz CT molecular complexity index is 903. The Kier molecular flexibility index (Phi) is 5.48. The van der Waals surface area contributed by atoms with Crippen molar-refractivity contribution in [3.05, 3.63) is 71.0 Å². The van der Waals surface area contributed by atoms with E-state index in [-0.39, 0.29) is 0 Å². The van der Waals surface area contributed by atoms with E-state index in [0.29, 0.717) is 12.5 Å². The van der Waals surface area contributed by atoms with Crippen molar-refractivity contribution in [1.82, 2.24) is 14.8 Å². The van der Waals surface area contributed by atoms with Gasteiger partial charge in [0.1, 0.15) is 11.6 Å². The minimum Gasteiger partial charge on any atom is -0.492 e. The molecular weight excluding hydrogens is 354 g/mol. The van der Waals surface area contributed by atoms with Crippen LogP contribution in [0, 0.1) is 13.8 Å². The molecule has 1 saturated carbocycles. The average molecular weight is 380 g/mol. The fraction of sp³-hybridized carbons (Fsp3) is 0.364. The van der Waals surface area contributed by atoms with Crippen LogP contribution in [0.3, 0.4) is 0 Å². The fourth-order valence-corrected chi connectivity index (χ4v) is 3.87. The standard InChI is InChI=1S/C22H25N3OS/c1-16-8-9-17(2)20(14-16)26-12-13-27-22-24-23-21(19-10-11-19)25(22)15-18-6-4-3-5-7-18/h3-9,14,19H,10-13,15H2,1-2H3. The Morgan fingerprint density at radius 2 is 1.89 bits per heavy atom. The Hall–Kier alpha value is -2.27. The summed E-state index contributed by atoms with van der Waals surface area (Å²) in [6, 6.07) is 16.9. The van der Waals surface area contributed by atoms with E-state index >= 15 is 0 Å². The van der Waals surface area contributed by atoms with Gasteiger partial charge in [-0.05, 0) is 49.4 Å². The lowest BCUT2D eigenvalue weighted by atomic mass is 10.1. The normalized spacial score (nSPS) is 13.7. The van der Waals surface area contributed by atoms with Gasteiger partial charge in [-0.15, -0.1) is 10.2 Å². The van der Waals surface area contributed by atoms with E-state index < -0.39 is 0 Å². The fourth-order valence-electron chi connectivity index (χ4n) is 3.11. The van der Waals surface area contributed by atoms with Crippen molar-refractivity contribution >= 4 is 11.8 Å². The van der Waals surface area contributed by atoms with Crippen molar-refractivity contribution in [2.75, 3.05) is 12.4 Å². The third-order valence-electron chi connectivity index (χ3n) is 4.79. The highest BCUT2D eigenvalue weighted by Gasteiger charge is 2.30. The lowest BCUT2D eigenvalue weighted by Crippen LogP contribution is -2.07. The van der Waals surface area contributed by atoms with Crippen LogP contribution in [0.25, 0.3) is 0 Å². The third kappa shape index (κ3) is 4.53. The summed E-state index contributed by atoms with van der Waals surface area (Å²) in [5, 5.41) is 9.95. The van der Waals surface area contributed by atoms with Crippen molar-refractivity contribution in [1.29, 1.82) is 0 Å². The highest BCUT2D eigenvalue weighted by molar-refractivity contribution is 7.99. The van der Waals surface area contributed by atoms with Crippen LogP contribution in [0.2, 0.25) is 0 Å². The third-order valence-corrected chi connectivity index (χ3v) is 5.72. The largest absolute Gasteiger partial charge is 0.492 e. The lowest BCUT2D eigenvalue weighted by Gasteiger charge is -2.11. The van der Waals surface area contributed by atoms with Gasteiger partial charge in [-0.3, -0.25) is 0 Å². The summed E-state index contributed by atoms with van der Waals surface area (Å²) in [6.45, 7) is 5.67. The SMILES string of the molecule is Cc1ccc(C)c(OCCSc2nnc(C3CC3)n2Cc2ccccc2)c1. The first-order valence-electron chi connectivity index (χ1n) is 9.50. The molecule has 2 aromatic carbocycles. The summed E-state index contributed by atoms with van der Waals surface area (Å²) in [5.74, 6) is 3.55. The van der Waals surface area contributed by atoms with Gasteiger partial charge < -0.3 is 9.30 Å². The zero-order chi connectivity index (χ0) is 18.6. The molecular formula is C22H25N3OS. The molecule has 0 aliphatic heterocycles. The Morgan fingerprint density at radius 3 is 2.67 bits per heavy atom. The summed E-state index contributed by atoms with van der Waals surface area (Å²) in [7, 11) is 0. The van der Waals surface area contributed by atoms with Crippen LogP contribution in [0.4, 0.5) is 0 Å². The minimum atomic E-state index is 0.585. The van der Waals surface area contributed by atoms with Gasteiger partial charge in [0.2, 0.25) is 0 Å². The van der Waals surface area contributed by atoms with E-state index in [1.54, 1.807) is 11.8 Å². The number of hydrogen-bond donors (Lipinski definition) is 0. The molecule has 4 rings (SSSR count). The Balaban J connectivity index is 1.40. The van der Waals surface area contributed by atoms with E-state index in [1.807, 2.05) is 0 Å². The number of thioether (sulfide) groups is 1. The summed E-state index contributed by atoms with van der Waals surface area (Å²) >= 11 is 1.73. The van der Waals surface area contributed by atoms with Crippen LogP contribution >= 0.6 is 11.8 Å². The molecule has 0 N–H and O–H groups in total. The van der Waals surface area contributed by atoms with Crippen LogP contribution in [0.5, 0.6) is 5.75 Å². The maximum atomic E-state index is 5.99. The molecule has 0 atom stereocenters. The molecule has 0 radical (unpaired) electrons. The molecule has 3 aromatic rings. The first-order chi connectivity index (χ1) is 13.2. The molecule has 27 heavy (non-hydrogen) atoms. The maximum absolute atomic E-state index is 5.99. The molecule has 1 aliphatic rings. The summed E-state index contributed by atoms with van der Waals surface area (Å²) in [6.07, 6.45) is 2.46. The van der Waals surface area contributed by atoms with Gasteiger partial charge in [-0.25, -0.2) is 0 Å². The predicted octanol–water partition coefficient (Wildman–Crippen LogP) is 4.99. The Morgan fingerprint density at radius 1 is 1.07 bits per heavy atom. The lowest BCUT2D eigenvalue weighted by molar-refractivity contribution is 0.341. The van der Waals surface area contributed by atoms with Crippen molar-refractivity contribution in [2.45, 2.75) is 44.3 Å². The van der Waals surface area contributed by atoms with Crippen molar-refractivity contribution < 1.29 is 4.74 Å².